The van der Waals surface area contributed by atoms with Gasteiger partial charge in [0, 0.05) is 6.04 Å². The second-order valence-corrected chi connectivity index (χ2v) is 5.43. The second kappa shape index (κ2) is 6.97. The molecule has 1 aliphatic heterocycles. The summed E-state index contributed by atoms with van der Waals surface area (Å²) in [5.74, 6) is -0.603. The van der Waals surface area contributed by atoms with E-state index in [9.17, 15) is 4.79 Å². The predicted molar refractivity (Wildman–Crippen MR) is 69.2 cm³/mol. The third-order valence-electron chi connectivity index (χ3n) is 3.70. The topological polar surface area (TPSA) is 52.6 Å². The van der Waals surface area contributed by atoms with Crippen LogP contribution in [0, 0.1) is 5.92 Å². The summed E-state index contributed by atoms with van der Waals surface area (Å²) < 4.78 is 0. The number of carboxylic acid groups (broad SMARTS) is 1. The lowest BCUT2D eigenvalue weighted by atomic mass is 9.99. The smallest absolute Gasteiger partial charge is 0.320 e. The highest BCUT2D eigenvalue weighted by Crippen LogP contribution is 2.17. The molecule has 1 saturated heterocycles. The molecule has 1 aliphatic rings. The zero-order valence-corrected chi connectivity index (χ0v) is 11.3. The number of aliphatic carboxylic acids is 1. The van der Waals surface area contributed by atoms with Gasteiger partial charge in [0.2, 0.25) is 0 Å². The summed E-state index contributed by atoms with van der Waals surface area (Å²) in [6, 6.07) is 0.210. The first-order valence-corrected chi connectivity index (χ1v) is 6.68. The molecule has 0 saturated carbocycles. The van der Waals surface area contributed by atoms with Gasteiger partial charge in [0.1, 0.15) is 6.04 Å². The van der Waals surface area contributed by atoms with Crippen molar-refractivity contribution in [3.05, 3.63) is 0 Å². The predicted octanol–water partition coefficient (Wildman–Crippen LogP) is 1.56. The molecule has 1 rings (SSSR count). The number of rotatable bonds is 6. The number of piperidine rings is 1. The Kier molecular flexibility index (Phi) is 5.92. The minimum absolute atomic E-state index is 0.136. The lowest BCUT2D eigenvalue weighted by Crippen LogP contribution is -2.44. The number of hydrogen-bond donors (Lipinski definition) is 2. The van der Waals surface area contributed by atoms with Crippen molar-refractivity contribution >= 4 is 5.97 Å². The van der Waals surface area contributed by atoms with Crippen LogP contribution >= 0.6 is 0 Å². The molecule has 0 aromatic rings. The minimum Gasteiger partial charge on any atom is -0.480 e. The van der Waals surface area contributed by atoms with Gasteiger partial charge in [-0.1, -0.05) is 20.3 Å². The van der Waals surface area contributed by atoms with Crippen molar-refractivity contribution in [1.82, 2.24) is 10.2 Å². The van der Waals surface area contributed by atoms with Crippen molar-refractivity contribution < 1.29 is 9.90 Å². The van der Waals surface area contributed by atoms with E-state index in [-0.39, 0.29) is 5.92 Å². The van der Waals surface area contributed by atoms with Crippen LogP contribution < -0.4 is 5.32 Å². The minimum atomic E-state index is -0.739. The molecule has 2 unspecified atom stereocenters. The van der Waals surface area contributed by atoms with Crippen LogP contribution in [0.4, 0.5) is 0 Å². The lowest BCUT2D eigenvalue weighted by Gasteiger charge is -2.33. The third kappa shape index (κ3) is 4.64. The maximum atomic E-state index is 11.0. The molecule has 4 nitrogen and oxygen atoms in total. The highest BCUT2D eigenvalue weighted by Gasteiger charge is 2.22. The summed E-state index contributed by atoms with van der Waals surface area (Å²) in [5.41, 5.74) is 0. The van der Waals surface area contributed by atoms with Crippen LogP contribution in [0.1, 0.15) is 39.5 Å². The molecule has 0 aliphatic carbocycles. The highest BCUT2D eigenvalue weighted by atomic mass is 16.4. The number of carbonyl (C=O) groups is 1. The van der Waals surface area contributed by atoms with Gasteiger partial charge in [-0.2, -0.15) is 0 Å². The molecule has 0 aromatic carbocycles. The van der Waals surface area contributed by atoms with Gasteiger partial charge in [-0.3, -0.25) is 4.79 Å². The molecule has 0 bridgehead atoms. The standard InChI is InChI=1S/C13H26N2O2/c1-10(2)12(13(16)17)14-8-7-11-6-4-5-9-15(11)3/h10-12,14H,4-9H2,1-3H3,(H,16,17). The molecular weight excluding hydrogens is 216 g/mol. The van der Waals surface area contributed by atoms with Crippen molar-refractivity contribution in [3.63, 3.8) is 0 Å². The quantitative estimate of drug-likeness (QED) is 0.742. The van der Waals surface area contributed by atoms with Crippen molar-refractivity contribution in [1.29, 1.82) is 0 Å². The van der Waals surface area contributed by atoms with E-state index >= 15 is 0 Å². The Morgan fingerprint density at radius 2 is 2.18 bits per heavy atom. The number of likely N-dealkylation sites (tertiary alicyclic amines) is 1. The van der Waals surface area contributed by atoms with Gasteiger partial charge in [0.25, 0.3) is 0 Å². The van der Waals surface area contributed by atoms with Gasteiger partial charge in [-0.05, 0) is 45.3 Å². The third-order valence-corrected chi connectivity index (χ3v) is 3.70. The Hall–Kier alpha value is -0.610. The summed E-state index contributed by atoms with van der Waals surface area (Å²) in [6.07, 6.45) is 4.90. The van der Waals surface area contributed by atoms with Crippen LogP contribution in [-0.4, -0.2) is 48.2 Å². The largest absolute Gasteiger partial charge is 0.480 e. The fourth-order valence-electron chi connectivity index (χ4n) is 2.52. The van der Waals surface area contributed by atoms with E-state index in [0.717, 1.165) is 13.0 Å². The van der Waals surface area contributed by atoms with Gasteiger partial charge in [0.15, 0.2) is 0 Å². The van der Waals surface area contributed by atoms with Gasteiger partial charge in [-0.25, -0.2) is 0 Å². The SMILES string of the molecule is CC(C)C(NCCC1CCCCN1C)C(=O)O. The molecule has 0 spiro atoms. The van der Waals surface area contributed by atoms with E-state index < -0.39 is 12.0 Å². The molecule has 0 amide bonds. The number of nitrogens with one attached hydrogen (secondary N) is 1. The first-order valence-electron chi connectivity index (χ1n) is 6.68. The van der Waals surface area contributed by atoms with Crippen LogP contribution in [-0.2, 0) is 4.79 Å². The lowest BCUT2D eigenvalue weighted by molar-refractivity contribution is -0.140. The average Bonchev–Trinajstić information content (AvgIpc) is 2.25. The first-order chi connectivity index (χ1) is 8.02. The summed E-state index contributed by atoms with van der Waals surface area (Å²) in [7, 11) is 2.17. The second-order valence-electron chi connectivity index (χ2n) is 5.43. The summed E-state index contributed by atoms with van der Waals surface area (Å²) in [4.78, 5) is 13.4. The Bertz CT molecular complexity index is 244. The number of hydrogen-bond acceptors (Lipinski definition) is 3. The van der Waals surface area contributed by atoms with E-state index in [1.165, 1.54) is 25.8 Å². The van der Waals surface area contributed by atoms with Crippen LogP contribution in [0.2, 0.25) is 0 Å². The Balaban J connectivity index is 2.28. The van der Waals surface area contributed by atoms with E-state index in [0.29, 0.717) is 6.04 Å². The van der Waals surface area contributed by atoms with Gasteiger partial charge < -0.3 is 15.3 Å². The zero-order chi connectivity index (χ0) is 12.8. The van der Waals surface area contributed by atoms with Gasteiger partial charge in [0.05, 0.1) is 0 Å². The fourth-order valence-corrected chi connectivity index (χ4v) is 2.52. The zero-order valence-electron chi connectivity index (χ0n) is 11.3. The Morgan fingerprint density at radius 3 is 2.71 bits per heavy atom. The van der Waals surface area contributed by atoms with E-state index in [4.69, 9.17) is 5.11 Å². The van der Waals surface area contributed by atoms with Crippen LogP contribution in [0.25, 0.3) is 0 Å². The molecule has 100 valence electrons. The van der Waals surface area contributed by atoms with E-state index in [1.807, 2.05) is 13.8 Å². The molecule has 2 N–H and O–H groups in total. The summed E-state index contributed by atoms with van der Waals surface area (Å²) in [6.45, 7) is 5.86. The van der Waals surface area contributed by atoms with Crippen LogP contribution in [0.15, 0.2) is 0 Å². The monoisotopic (exact) mass is 242 g/mol. The maximum absolute atomic E-state index is 11.0. The molecule has 17 heavy (non-hydrogen) atoms. The first kappa shape index (κ1) is 14.5. The van der Waals surface area contributed by atoms with Crippen molar-refractivity contribution in [2.24, 2.45) is 5.92 Å². The molecular formula is C13H26N2O2. The fraction of sp³-hybridized carbons (Fsp3) is 0.923. The molecule has 0 aromatic heterocycles. The number of carboxylic acids is 1. The molecule has 0 radical (unpaired) electrons. The van der Waals surface area contributed by atoms with Gasteiger partial charge in [-0.15, -0.1) is 0 Å². The summed E-state index contributed by atoms with van der Waals surface area (Å²) in [5, 5.41) is 12.2. The molecule has 1 heterocycles. The maximum Gasteiger partial charge on any atom is 0.320 e. The highest BCUT2D eigenvalue weighted by molar-refractivity contribution is 5.73. The summed E-state index contributed by atoms with van der Waals surface area (Å²) >= 11 is 0. The number of nitrogens with zero attached hydrogens (tertiary/aromatic N) is 1. The van der Waals surface area contributed by atoms with E-state index in [2.05, 4.69) is 17.3 Å². The Labute approximate surface area is 104 Å². The molecule has 1 fully saturated rings. The normalized spacial score (nSPS) is 23.9. The van der Waals surface area contributed by atoms with Crippen LogP contribution in [0.5, 0.6) is 0 Å². The Morgan fingerprint density at radius 1 is 1.47 bits per heavy atom. The van der Waals surface area contributed by atoms with Gasteiger partial charge >= 0.3 is 5.97 Å². The average molecular weight is 242 g/mol. The van der Waals surface area contributed by atoms with Crippen molar-refractivity contribution in [3.8, 4) is 0 Å². The molecule has 4 heteroatoms. The van der Waals surface area contributed by atoms with Crippen LogP contribution in [0.3, 0.4) is 0 Å². The van der Waals surface area contributed by atoms with Crippen molar-refractivity contribution in [2.45, 2.75) is 51.6 Å². The van der Waals surface area contributed by atoms with E-state index in [1.54, 1.807) is 0 Å². The van der Waals surface area contributed by atoms with Crippen molar-refractivity contribution in [2.75, 3.05) is 20.1 Å². The molecule has 2 atom stereocenters.